The molecule has 37 heavy (non-hydrogen) atoms. The molecule has 1 aromatic carbocycles. The van der Waals surface area contributed by atoms with E-state index in [0.29, 0.717) is 34.4 Å². The lowest BCUT2D eigenvalue weighted by molar-refractivity contribution is 0.0600. The van der Waals surface area contributed by atoms with Gasteiger partial charge in [-0.15, -0.1) is 11.3 Å². The van der Waals surface area contributed by atoms with Crippen molar-refractivity contribution in [1.29, 1.82) is 5.41 Å². The fourth-order valence-corrected chi connectivity index (χ4v) is 5.55. The molecule has 0 bridgehead atoms. The second-order valence-electron chi connectivity index (χ2n) is 9.45. The Hall–Kier alpha value is -3.69. The molecule has 0 unspecified atom stereocenters. The van der Waals surface area contributed by atoms with Crippen molar-refractivity contribution in [3.63, 3.8) is 0 Å². The number of piperazine rings is 1. The maximum atomic E-state index is 13.1. The molecule has 0 saturated carbocycles. The number of carbonyl (C=O) groups excluding carboxylic acids is 1. The van der Waals surface area contributed by atoms with Gasteiger partial charge in [-0.2, -0.15) is 5.10 Å². The Labute approximate surface area is 220 Å². The van der Waals surface area contributed by atoms with Gasteiger partial charge in [-0.3, -0.25) is 25.1 Å². The van der Waals surface area contributed by atoms with E-state index in [2.05, 4.69) is 34.8 Å². The number of fused-ring (bicyclic) bond motifs is 1. The van der Waals surface area contributed by atoms with E-state index < -0.39 is 0 Å². The summed E-state index contributed by atoms with van der Waals surface area (Å²) in [5, 5.41) is 14.6. The molecule has 1 aliphatic rings. The number of amides is 1. The van der Waals surface area contributed by atoms with Gasteiger partial charge >= 0.3 is 0 Å². The highest BCUT2D eigenvalue weighted by Crippen LogP contribution is 2.27. The number of pyridine rings is 1. The number of benzene rings is 1. The topological polar surface area (TPSA) is 90.5 Å². The first-order valence-corrected chi connectivity index (χ1v) is 13.3. The monoisotopic (exact) mass is 513 g/mol. The number of nitrogens with zero attached hydrogens (tertiary/aromatic N) is 6. The van der Waals surface area contributed by atoms with E-state index in [9.17, 15) is 4.79 Å². The Bertz CT molecular complexity index is 1510. The summed E-state index contributed by atoms with van der Waals surface area (Å²) in [6.07, 6.45) is 2.19. The van der Waals surface area contributed by atoms with Crippen LogP contribution in [0, 0.1) is 5.41 Å². The summed E-state index contributed by atoms with van der Waals surface area (Å²) >= 11 is 1.45. The van der Waals surface area contributed by atoms with Gasteiger partial charge in [0.05, 0.1) is 15.3 Å². The molecule has 190 valence electrons. The van der Waals surface area contributed by atoms with Crippen LogP contribution in [0.5, 0.6) is 0 Å². The van der Waals surface area contributed by atoms with Gasteiger partial charge in [0.1, 0.15) is 11.5 Å². The van der Waals surface area contributed by atoms with E-state index in [0.717, 1.165) is 47.5 Å². The molecule has 0 radical (unpaired) electrons. The van der Waals surface area contributed by atoms with Crippen LogP contribution in [0.3, 0.4) is 0 Å². The zero-order valence-electron chi connectivity index (χ0n) is 21.4. The summed E-state index contributed by atoms with van der Waals surface area (Å²) in [5.41, 5.74) is 3.26. The summed E-state index contributed by atoms with van der Waals surface area (Å²) in [6, 6.07) is 18.1. The third-order valence-electron chi connectivity index (χ3n) is 6.74. The average molecular weight is 514 g/mol. The fourth-order valence-electron chi connectivity index (χ4n) is 4.61. The Morgan fingerprint density at radius 2 is 1.89 bits per heavy atom. The van der Waals surface area contributed by atoms with Crippen LogP contribution in [0.4, 0.5) is 0 Å². The molecule has 1 saturated heterocycles. The molecule has 9 heteroatoms. The van der Waals surface area contributed by atoms with Crippen LogP contribution in [0.25, 0.3) is 21.5 Å². The third-order valence-corrected chi connectivity index (χ3v) is 7.84. The van der Waals surface area contributed by atoms with E-state index in [4.69, 9.17) is 10.5 Å². The quantitative estimate of drug-likeness (QED) is 0.323. The Morgan fingerprint density at radius 1 is 1.08 bits per heavy atom. The first kappa shape index (κ1) is 25.0. The van der Waals surface area contributed by atoms with Crippen LogP contribution >= 0.6 is 11.3 Å². The molecule has 4 aromatic rings. The number of hydrogen-bond donors (Lipinski definition) is 1. The van der Waals surface area contributed by atoms with E-state index in [1.807, 2.05) is 53.4 Å². The van der Waals surface area contributed by atoms with Gasteiger partial charge in [-0.1, -0.05) is 12.1 Å². The molecule has 0 atom stereocenters. The van der Waals surface area contributed by atoms with Crippen molar-refractivity contribution in [3.05, 3.63) is 76.7 Å². The average Bonchev–Trinajstić information content (AvgIpc) is 3.42. The molecular formula is C28H31N7OS. The van der Waals surface area contributed by atoms with E-state index >= 15 is 0 Å². The van der Waals surface area contributed by atoms with Gasteiger partial charge in [-0.25, -0.2) is 4.68 Å². The van der Waals surface area contributed by atoms with Gasteiger partial charge in [0.15, 0.2) is 5.49 Å². The maximum absolute atomic E-state index is 13.1. The van der Waals surface area contributed by atoms with Crippen LogP contribution in [0.15, 0.2) is 65.8 Å². The van der Waals surface area contributed by atoms with Crippen molar-refractivity contribution in [2.45, 2.75) is 26.3 Å². The highest BCUT2D eigenvalue weighted by Gasteiger charge is 2.24. The lowest BCUT2D eigenvalue weighted by Crippen LogP contribution is -2.50. The Balaban J connectivity index is 1.35. The van der Waals surface area contributed by atoms with Crippen molar-refractivity contribution in [2.24, 2.45) is 4.99 Å². The van der Waals surface area contributed by atoms with Gasteiger partial charge in [0.25, 0.3) is 5.91 Å². The first-order chi connectivity index (χ1) is 17.9. The van der Waals surface area contributed by atoms with Crippen molar-refractivity contribution < 1.29 is 4.79 Å². The number of hydrogen-bond acceptors (Lipinski definition) is 7. The molecule has 4 heterocycles. The fraction of sp³-hybridized carbons (Fsp3) is 0.321. The van der Waals surface area contributed by atoms with E-state index in [1.165, 1.54) is 11.3 Å². The molecule has 0 aliphatic carbocycles. The number of thiophene rings is 1. The van der Waals surface area contributed by atoms with Crippen LogP contribution < -0.4 is 5.49 Å². The molecule has 3 aromatic heterocycles. The number of rotatable bonds is 5. The molecule has 1 amide bonds. The molecular weight excluding hydrogens is 482 g/mol. The van der Waals surface area contributed by atoms with Gasteiger partial charge in [0, 0.05) is 57.3 Å². The van der Waals surface area contributed by atoms with E-state index in [1.54, 1.807) is 17.9 Å². The molecule has 5 rings (SSSR count). The normalized spacial score (nSPS) is 15.0. The van der Waals surface area contributed by atoms with Gasteiger partial charge in [-0.05, 0) is 61.9 Å². The van der Waals surface area contributed by atoms with Crippen LogP contribution in [-0.2, 0) is 6.42 Å². The highest BCUT2D eigenvalue weighted by molar-refractivity contribution is 7.17. The molecule has 8 nitrogen and oxygen atoms in total. The zero-order chi connectivity index (χ0) is 25.9. The lowest BCUT2D eigenvalue weighted by atomic mass is 10.1. The summed E-state index contributed by atoms with van der Waals surface area (Å²) in [6.45, 7) is 7.69. The number of carbonyl (C=O) groups is 1. The Morgan fingerprint density at radius 3 is 2.65 bits per heavy atom. The molecule has 1 fully saturated rings. The predicted octanol–water partition coefficient (Wildman–Crippen LogP) is 3.92. The smallest absolute Gasteiger partial charge is 0.264 e. The zero-order valence-corrected chi connectivity index (χ0v) is 22.2. The minimum Gasteiger partial charge on any atom is -0.335 e. The Kier molecular flexibility index (Phi) is 7.25. The highest BCUT2D eigenvalue weighted by atomic mass is 32.1. The molecule has 1 aliphatic heterocycles. The van der Waals surface area contributed by atoms with Crippen LogP contribution in [0.2, 0.25) is 0 Å². The molecule has 1 N–H and O–H groups in total. The maximum Gasteiger partial charge on any atom is 0.264 e. The van der Waals surface area contributed by atoms with Gasteiger partial charge in [0.2, 0.25) is 0 Å². The third kappa shape index (κ3) is 5.38. The van der Waals surface area contributed by atoms with Crippen molar-refractivity contribution in [1.82, 2.24) is 24.6 Å². The summed E-state index contributed by atoms with van der Waals surface area (Å²) in [7, 11) is 1.70. The van der Waals surface area contributed by atoms with E-state index in [-0.39, 0.29) is 5.91 Å². The predicted molar refractivity (Wildman–Crippen MR) is 148 cm³/mol. The van der Waals surface area contributed by atoms with Gasteiger partial charge < -0.3 is 4.90 Å². The standard InChI is InChI=1S/C28H31N7OS/c1-19(2)33-13-15-34(16-14-33)28(36)25-10-9-24(37-25)23-8-11-27(30-3)35(32-23)26(29)18-20-6-7-22-21(17-20)5-4-12-31-22/h4-12,17,19,29H,13-16,18H2,1-3H3. The largest absolute Gasteiger partial charge is 0.335 e. The molecule has 0 spiro atoms. The van der Waals surface area contributed by atoms with Crippen molar-refractivity contribution >= 4 is 34.0 Å². The second kappa shape index (κ2) is 10.7. The van der Waals surface area contributed by atoms with Crippen LogP contribution in [0.1, 0.15) is 29.1 Å². The minimum absolute atomic E-state index is 0.0752. The first-order valence-electron chi connectivity index (χ1n) is 12.5. The number of nitrogens with one attached hydrogen (secondary N) is 1. The minimum atomic E-state index is 0.0752. The second-order valence-corrected chi connectivity index (χ2v) is 10.5. The summed E-state index contributed by atoms with van der Waals surface area (Å²) < 4.78 is 1.58. The summed E-state index contributed by atoms with van der Waals surface area (Å²) in [4.78, 5) is 27.8. The number of aromatic nitrogens is 3. The van der Waals surface area contributed by atoms with Crippen LogP contribution in [-0.4, -0.2) is 75.6 Å². The summed E-state index contributed by atoms with van der Waals surface area (Å²) in [5.74, 6) is 0.396. The lowest BCUT2D eigenvalue weighted by Gasteiger charge is -2.36. The SMILES string of the molecule is CN=c1ccc(-c2ccc(C(=O)N3CCN(C(C)C)CC3)s2)nn1C(=N)Cc1ccc2ncccc2c1. The van der Waals surface area contributed by atoms with Crippen molar-refractivity contribution in [2.75, 3.05) is 33.2 Å². The van der Waals surface area contributed by atoms with Crippen molar-refractivity contribution in [3.8, 4) is 10.6 Å².